The lowest BCUT2D eigenvalue weighted by atomic mass is 9.88. The Balaban J connectivity index is 2.01. The third-order valence-corrected chi connectivity index (χ3v) is 4.91. The van der Waals surface area contributed by atoms with Crippen LogP contribution in [-0.2, 0) is 11.2 Å². The molecule has 3 rings (SSSR count). The number of carbonyl (C=O) groups is 2. The van der Waals surface area contributed by atoms with E-state index in [1.54, 1.807) is 6.92 Å². The molecule has 0 saturated heterocycles. The van der Waals surface area contributed by atoms with E-state index >= 15 is 0 Å². The van der Waals surface area contributed by atoms with Crippen molar-refractivity contribution < 1.29 is 19.1 Å². The Hall–Kier alpha value is -1.82. The van der Waals surface area contributed by atoms with Gasteiger partial charge in [-0.3, -0.25) is 4.79 Å². The molecule has 0 atom stereocenters. The molecule has 1 aromatic rings. The Morgan fingerprint density at radius 3 is 2.70 bits per heavy atom. The number of carbonyl (C=O) groups excluding carboxylic acids is 2. The first-order valence-electron chi connectivity index (χ1n) is 7.92. The van der Waals surface area contributed by atoms with Crippen molar-refractivity contribution in [2.45, 2.75) is 38.7 Å². The van der Waals surface area contributed by atoms with Crippen molar-refractivity contribution in [3.63, 3.8) is 0 Å². The number of hydrogen-bond acceptors (Lipinski definition) is 6. The van der Waals surface area contributed by atoms with Gasteiger partial charge in [0.2, 0.25) is 0 Å². The predicted octanol–water partition coefficient (Wildman–Crippen LogP) is 3.04. The summed E-state index contributed by atoms with van der Waals surface area (Å²) in [6.07, 6.45) is 5.36. The summed E-state index contributed by atoms with van der Waals surface area (Å²) >= 11 is 1.26. The maximum absolute atomic E-state index is 12.8. The molecule has 2 aliphatic carbocycles. The van der Waals surface area contributed by atoms with E-state index in [1.807, 2.05) is 25.2 Å². The highest BCUT2D eigenvalue weighted by Gasteiger charge is 2.36. The van der Waals surface area contributed by atoms with Crippen molar-refractivity contribution in [3.8, 4) is 5.06 Å². The van der Waals surface area contributed by atoms with Gasteiger partial charge in [-0.1, -0.05) is 11.3 Å². The standard InChI is InChI=1S/C17H21NO4S/c1-4-21-16(20)15-12-8-5-10(9-18(2)3)14(19)13(12)17(23-15)22-11-6-7-11/h9,11H,4-8H2,1-3H3/b10-9-. The summed E-state index contributed by atoms with van der Waals surface area (Å²) in [5.41, 5.74) is 2.13. The lowest BCUT2D eigenvalue weighted by Gasteiger charge is -2.18. The summed E-state index contributed by atoms with van der Waals surface area (Å²) in [5.74, 6) is -0.380. The number of Topliss-reactive ketones (excluding diaryl/α,β-unsaturated/α-hetero) is 1. The van der Waals surface area contributed by atoms with Gasteiger partial charge in [0.05, 0.1) is 12.2 Å². The van der Waals surface area contributed by atoms with Crippen LogP contribution in [0.2, 0.25) is 0 Å². The minimum Gasteiger partial charge on any atom is -0.480 e. The zero-order valence-corrected chi connectivity index (χ0v) is 14.5. The molecule has 23 heavy (non-hydrogen) atoms. The molecule has 1 heterocycles. The Morgan fingerprint density at radius 2 is 2.09 bits per heavy atom. The second-order valence-corrected chi connectivity index (χ2v) is 7.04. The topological polar surface area (TPSA) is 55.8 Å². The first-order valence-corrected chi connectivity index (χ1v) is 8.74. The third kappa shape index (κ3) is 3.27. The van der Waals surface area contributed by atoms with E-state index in [2.05, 4.69) is 0 Å². The molecule has 0 amide bonds. The maximum atomic E-state index is 12.8. The van der Waals surface area contributed by atoms with E-state index in [4.69, 9.17) is 9.47 Å². The first-order chi connectivity index (χ1) is 11.0. The van der Waals surface area contributed by atoms with Gasteiger partial charge in [-0.2, -0.15) is 0 Å². The van der Waals surface area contributed by atoms with Gasteiger partial charge in [0, 0.05) is 25.9 Å². The molecule has 1 fully saturated rings. The van der Waals surface area contributed by atoms with Crippen LogP contribution in [0.5, 0.6) is 5.06 Å². The van der Waals surface area contributed by atoms with Crippen molar-refractivity contribution in [1.82, 2.24) is 4.90 Å². The molecule has 0 aliphatic heterocycles. The Labute approximate surface area is 139 Å². The van der Waals surface area contributed by atoms with Gasteiger partial charge in [0.1, 0.15) is 11.0 Å². The van der Waals surface area contributed by atoms with Crippen LogP contribution in [-0.4, -0.2) is 43.5 Å². The van der Waals surface area contributed by atoms with E-state index in [0.29, 0.717) is 35.0 Å². The van der Waals surface area contributed by atoms with Crippen molar-refractivity contribution in [1.29, 1.82) is 0 Å². The highest BCUT2D eigenvalue weighted by atomic mass is 32.1. The molecule has 2 aliphatic rings. The molecule has 0 bridgehead atoms. The van der Waals surface area contributed by atoms with Gasteiger partial charge in [0.25, 0.3) is 0 Å². The van der Waals surface area contributed by atoms with Gasteiger partial charge in [0.15, 0.2) is 10.8 Å². The second-order valence-electron chi connectivity index (χ2n) is 6.06. The van der Waals surface area contributed by atoms with Crippen LogP contribution >= 0.6 is 11.3 Å². The zero-order chi connectivity index (χ0) is 16.6. The number of ketones is 1. The van der Waals surface area contributed by atoms with Crippen molar-refractivity contribution in [2.24, 2.45) is 0 Å². The highest BCUT2D eigenvalue weighted by Crippen LogP contribution is 2.43. The average molecular weight is 335 g/mol. The van der Waals surface area contributed by atoms with Crippen molar-refractivity contribution >= 4 is 23.1 Å². The van der Waals surface area contributed by atoms with Crippen LogP contribution in [0.1, 0.15) is 51.8 Å². The average Bonchev–Trinajstić information content (AvgIpc) is 3.22. The lowest BCUT2D eigenvalue weighted by Crippen LogP contribution is -2.18. The molecule has 6 heteroatoms. The largest absolute Gasteiger partial charge is 0.480 e. The number of allylic oxidation sites excluding steroid dienone is 1. The van der Waals surface area contributed by atoms with Crippen LogP contribution in [0.15, 0.2) is 11.8 Å². The molecule has 5 nitrogen and oxygen atoms in total. The van der Waals surface area contributed by atoms with E-state index < -0.39 is 0 Å². The quantitative estimate of drug-likeness (QED) is 0.611. The van der Waals surface area contributed by atoms with Gasteiger partial charge < -0.3 is 14.4 Å². The number of esters is 1. The zero-order valence-electron chi connectivity index (χ0n) is 13.7. The van der Waals surface area contributed by atoms with E-state index in [-0.39, 0.29) is 17.9 Å². The minimum absolute atomic E-state index is 0.0256. The summed E-state index contributed by atoms with van der Waals surface area (Å²) < 4.78 is 11.0. The third-order valence-electron chi connectivity index (χ3n) is 3.81. The molecular formula is C17H21NO4S. The number of nitrogens with zero attached hydrogens (tertiary/aromatic N) is 1. The molecule has 0 radical (unpaired) electrons. The highest BCUT2D eigenvalue weighted by molar-refractivity contribution is 7.16. The van der Waals surface area contributed by atoms with Crippen LogP contribution in [0.25, 0.3) is 0 Å². The molecule has 0 N–H and O–H groups in total. The predicted molar refractivity (Wildman–Crippen MR) is 88.3 cm³/mol. The molecule has 0 unspecified atom stereocenters. The Bertz CT molecular complexity index is 670. The molecule has 0 aromatic carbocycles. The smallest absolute Gasteiger partial charge is 0.348 e. The van der Waals surface area contributed by atoms with Gasteiger partial charge in [-0.15, -0.1) is 0 Å². The van der Waals surface area contributed by atoms with Crippen molar-refractivity contribution in [3.05, 3.63) is 27.8 Å². The number of hydrogen-bond donors (Lipinski definition) is 0. The van der Waals surface area contributed by atoms with E-state index in [0.717, 1.165) is 24.0 Å². The van der Waals surface area contributed by atoms with E-state index in [9.17, 15) is 9.59 Å². The Kier molecular flexibility index (Phi) is 4.43. The fourth-order valence-electron chi connectivity index (χ4n) is 2.66. The molecular weight excluding hydrogens is 314 g/mol. The summed E-state index contributed by atoms with van der Waals surface area (Å²) in [4.78, 5) is 27.4. The molecule has 1 saturated carbocycles. The number of rotatable bonds is 5. The summed E-state index contributed by atoms with van der Waals surface area (Å²) in [6.45, 7) is 2.10. The summed E-state index contributed by atoms with van der Waals surface area (Å²) in [6, 6.07) is 0. The summed E-state index contributed by atoms with van der Waals surface area (Å²) in [7, 11) is 3.80. The minimum atomic E-state index is -0.354. The number of fused-ring (bicyclic) bond motifs is 1. The molecule has 1 aromatic heterocycles. The normalized spacial score (nSPS) is 18.7. The maximum Gasteiger partial charge on any atom is 0.348 e. The Morgan fingerprint density at radius 1 is 1.35 bits per heavy atom. The fourth-order valence-corrected chi connectivity index (χ4v) is 3.82. The van der Waals surface area contributed by atoms with E-state index in [1.165, 1.54) is 11.3 Å². The fraction of sp³-hybridized carbons (Fsp3) is 0.529. The lowest BCUT2D eigenvalue weighted by molar-refractivity contribution is 0.0531. The van der Waals surface area contributed by atoms with Crippen molar-refractivity contribution in [2.75, 3.05) is 20.7 Å². The number of thiophene rings is 1. The van der Waals surface area contributed by atoms with Crippen LogP contribution in [0.3, 0.4) is 0 Å². The molecule has 124 valence electrons. The van der Waals surface area contributed by atoms with Gasteiger partial charge in [-0.25, -0.2) is 4.79 Å². The molecule has 0 spiro atoms. The first kappa shape index (κ1) is 16.1. The number of ether oxygens (including phenoxy) is 2. The van der Waals surface area contributed by atoms with Crippen LogP contribution in [0.4, 0.5) is 0 Å². The van der Waals surface area contributed by atoms with Crippen LogP contribution in [0, 0.1) is 0 Å². The summed E-state index contributed by atoms with van der Waals surface area (Å²) in [5, 5.41) is 0.583. The SMILES string of the molecule is CCOC(=O)c1sc(OC2CC2)c2c1CC/C(=C/N(C)C)C2=O. The monoisotopic (exact) mass is 335 g/mol. The second kappa shape index (κ2) is 6.35. The van der Waals surface area contributed by atoms with Gasteiger partial charge in [-0.05, 0) is 38.2 Å². The van der Waals surface area contributed by atoms with Gasteiger partial charge >= 0.3 is 5.97 Å². The van der Waals surface area contributed by atoms with Crippen LogP contribution < -0.4 is 4.74 Å².